The number of hydrogen-bond donors (Lipinski definition) is 1. The van der Waals surface area contributed by atoms with Crippen molar-refractivity contribution in [2.75, 3.05) is 12.4 Å². The lowest BCUT2D eigenvalue weighted by molar-refractivity contribution is -0.135. The van der Waals surface area contributed by atoms with Gasteiger partial charge >= 0.3 is 0 Å². The molecular weight excluding hydrogens is 300 g/mol. The summed E-state index contributed by atoms with van der Waals surface area (Å²) in [7, 11) is 1.50. The highest BCUT2D eigenvalue weighted by Gasteiger charge is 2.36. The van der Waals surface area contributed by atoms with Crippen molar-refractivity contribution >= 4 is 23.1 Å². The van der Waals surface area contributed by atoms with Crippen molar-refractivity contribution in [1.82, 2.24) is 4.90 Å². The van der Waals surface area contributed by atoms with E-state index in [4.69, 9.17) is 0 Å². The summed E-state index contributed by atoms with van der Waals surface area (Å²) >= 11 is 0. The zero-order chi connectivity index (χ0) is 17.3. The van der Waals surface area contributed by atoms with E-state index in [1.165, 1.54) is 12.6 Å². The summed E-state index contributed by atoms with van der Waals surface area (Å²) < 4.78 is 0. The zero-order valence-electron chi connectivity index (χ0n) is 14.0. The minimum Gasteiger partial charge on any atom is -0.350 e. The predicted octanol–water partition coefficient (Wildman–Crippen LogP) is 3.63. The van der Waals surface area contributed by atoms with Crippen LogP contribution in [0.3, 0.4) is 0 Å². The van der Waals surface area contributed by atoms with Gasteiger partial charge in [0.05, 0.1) is 5.57 Å². The summed E-state index contributed by atoms with van der Waals surface area (Å²) in [6.07, 6.45) is 0. The van der Waals surface area contributed by atoms with E-state index in [-0.39, 0.29) is 11.8 Å². The van der Waals surface area contributed by atoms with Gasteiger partial charge in [-0.25, -0.2) is 0 Å². The predicted molar refractivity (Wildman–Crippen MR) is 95.3 cm³/mol. The number of likely N-dealkylation sites (N-methyl/N-ethyl adjacent to an activating group) is 1. The van der Waals surface area contributed by atoms with Crippen LogP contribution in [-0.4, -0.2) is 23.8 Å². The van der Waals surface area contributed by atoms with E-state index < -0.39 is 0 Å². The van der Waals surface area contributed by atoms with E-state index in [0.717, 1.165) is 16.2 Å². The quantitative estimate of drug-likeness (QED) is 0.875. The fourth-order valence-electron chi connectivity index (χ4n) is 2.73. The standard InChI is InChI=1S/C20H20N2O2/c1-13(2)14-9-11-16(12-10-14)21-18-17(15-7-5-4-6-8-15)19(23)22(3)20(18)24/h4-13,21H,1-3H3. The van der Waals surface area contributed by atoms with E-state index in [2.05, 4.69) is 19.2 Å². The molecule has 1 heterocycles. The number of anilines is 1. The average Bonchev–Trinajstić information content (AvgIpc) is 2.80. The van der Waals surface area contributed by atoms with Crippen LogP contribution in [0.2, 0.25) is 0 Å². The Morgan fingerprint density at radius 3 is 2.08 bits per heavy atom. The van der Waals surface area contributed by atoms with Crippen molar-refractivity contribution in [3.05, 3.63) is 71.4 Å². The van der Waals surface area contributed by atoms with E-state index in [9.17, 15) is 9.59 Å². The molecule has 1 aliphatic rings. The first-order valence-electron chi connectivity index (χ1n) is 7.98. The fraction of sp³-hybridized carbons (Fsp3) is 0.200. The first-order valence-corrected chi connectivity index (χ1v) is 7.98. The van der Waals surface area contributed by atoms with Crippen LogP contribution in [0.25, 0.3) is 5.57 Å². The molecule has 0 aromatic heterocycles. The average molecular weight is 320 g/mol. The van der Waals surface area contributed by atoms with Crippen LogP contribution >= 0.6 is 0 Å². The number of imide groups is 1. The maximum absolute atomic E-state index is 12.5. The number of rotatable bonds is 4. The minimum atomic E-state index is -0.313. The van der Waals surface area contributed by atoms with Crippen LogP contribution in [0, 0.1) is 0 Å². The van der Waals surface area contributed by atoms with Crippen LogP contribution < -0.4 is 5.32 Å². The third-order valence-corrected chi connectivity index (χ3v) is 4.20. The van der Waals surface area contributed by atoms with E-state index in [1.807, 2.05) is 54.6 Å². The lowest BCUT2D eigenvalue weighted by atomic mass is 10.0. The van der Waals surface area contributed by atoms with Crippen LogP contribution in [0.15, 0.2) is 60.3 Å². The van der Waals surface area contributed by atoms with Gasteiger partial charge in [-0.05, 0) is 29.2 Å². The van der Waals surface area contributed by atoms with Gasteiger partial charge in [-0.2, -0.15) is 0 Å². The van der Waals surface area contributed by atoms with Crippen molar-refractivity contribution in [3.8, 4) is 0 Å². The van der Waals surface area contributed by atoms with Gasteiger partial charge in [0.1, 0.15) is 5.70 Å². The zero-order valence-corrected chi connectivity index (χ0v) is 14.0. The Bertz CT molecular complexity index is 805. The number of amides is 2. The van der Waals surface area contributed by atoms with Crippen LogP contribution in [0.4, 0.5) is 5.69 Å². The molecule has 3 rings (SSSR count). The first kappa shape index (κ1) is 16.0. The lowest BCUT2D eigenvalue weighted by Gasteiger charge is -2.11. The maximum Gasteiger partial charge on any atom is 0.277 e. The Hall–Kier alpha value is -2.88. The van der Waals surface area contributed by atoms with Crippen LogP contribution in [0.5, 0.6) is 0 Å². The largest absolute Gasteiger partial charge is 0.350 e. The molecule has 0 saturated carbocycles. The van der Waals surface area contributed by atoms with Gasteiger partial charge < -0.3 is 5.32 Å². The van der Waals surface area contributed by atoms with E-state index in [0.29, 0.717) is 17.2 Å². The number of carbonyl (C=O) groups is 2. The topological polar surface area (TPSA) is 49.4 Å². The summed E-state index contributed by atoms with van der Waals surface area (Å²) in [5.41, 5.74) is 3.49. The van der Waals surface area contributed by atoms with Crippen molar-refractivity contribution in [1.29, 1.82) is 0 Å². The van der Waals surface area contributed by atoms with Gasteiger partial charge in [0, 0.05) is 12.7 Å². The molecule has 1 N–H and O–H groups in total. The molecule has 4 heteroatoms. The SMILES string of the molecule is CC(C)c1ccc(NC2=C(c3ccccc3)C(=O)N(C)C2=O)cc1. The van der Waals surface area contributed by atoms with Crippen molar-refractivity contribution in [2.45, 2.75) is 19.8 Å². The summed E-state index contributed by atoms with van der Waals surface area (Å²) in [5, 5.41) is 3.13. The highest BCUT2D eigenvalue weighted by molar-refractivity contribution is 6.36. The van der Waals surface area contributed by atoms with Gasteiger partial charge in [0.2, 0.25) is 0 Å². The van der Waals surface area contributed by atoms with Gasteiger partial charge in [-0.1, -0.05) is 56.3 Å². The van der Waals surface area contributed by atoms with Crippen LogP contribution in [-0.2, 0) is 9.59 Å². The Morgan fingerprint density at radius 1 is 0.875 bits per heavy atom. The highest BCUT2D eigenvalue weighted by atomic mass is 16.2. The van der Waals surface area contributed by atoms with Gasteiger partial charge in [0.25, 0.3) is 11.8 Å². The molecule has 0 fully saturated rings. The smallest absolute Gasteiger partial charge is 0.277 e. The molecule has 2 aromatic carbocycles. The maximum atomic E-state index is 12.5. The van der Waals surface area contributed by atoms with Gasteiger partial charge in [-0.3, -0.25) is 14.5 Å². The molecule has 0 atom stereocenters. The van der Waals surface area contributed by atoms with E-state index >= 15 is 0 Å². The third kappa shape index (κ3) is 2.83. The fourth-order valence-corrected chi connectivity index (χ4v) is 2.73. The van der Waals surface area contributed by atoms with Crippen molar-refractivity contribution in [2.24, 2.45) is 0 Å². The van der Waals surface area contributed by atoms with Gasteiger partial charge in [0.15, 0.2) is 0 Å². The van der Waals surface area contributed by atoms with Crippen LogP contribution in [0.1, 0.15) is 30.9 Å². The molecule has 4 nitrogen and oxygen atoms in total. The highest BCUT2D eigenvalue weighted by Crippen LogP contribution is 2.29. The summed E-state index contributed by atoms with van der Waals surface area (Å²) in [4.78, 5) is 26.1. The second-order valence-electron chi connectivity index (χ2n) is 6.19. The Labute approximate surface area is 141 Å². The Kier molecular flexibility index (Phi) is 4.21. The first-order chi connectivity index (χ1) is 11.5. The Morgan fingerprint density at radius 2 is 1.50 bits per heavy atom. The molecule has 2 amide bonds. The van der Waals surface area contributed by atoms with Crippen molar-refractivity contribution in [3.63, 3.8) is 0 Å². The number of carbonyl (C=O) groups excluding carboxylic acids is 2. The van der Waals surface area contributed by atoms with Crippen molar-refractivity contribution < 1.29 is 9.59 Å². The number of hydrogen-bond acceptors (Lipinski definition) is 3. The molecule has 0 unspecified atom stereocenters. The summed E-state index contributed by atoms with van der Waals surface area (Å²) in [6, 6.07) is 17.2. The summed E-state index contributed by atoms with van der Waals surface area (Å²) in [6.45, 7) is 4.26. The monoisotopic (exact) mass is 320 g/mol. The molecule has 122 valence electrons. The van der Waals surface area contributed by atoms with E-state index in [1.54, 1.807) is 0 Å². The third-order valence-electron chi connectivity index (χ3n) is 4.20. The molecule has 1 aliphatic heterocycles. The number of nitrogens with one attached hydrogen (secondary N) is 1. The van der Waals surface area contributed by atoms with Gasteiger partial charge in [-0.15, -0.1) is 0 Å². The number of benzene rings is 2. The molecule has 2 aromatic rings. The molecule has 0 spiro atoms. The second-order valence-corrected chi connectivity index (χ2v) is 6.19. The molecule has 0 radical (unpaired) electrons. The molecule has 24 heavy (non-hydrogen) atoms. The molecule has 0 bridgehead atoms. The molecule has 0 aliphatic carbocycles. The minimum absolute atomic E-state index is 0.285. The normalized spacial score (nSPS) is 14.8. The summed E-state index contributed by atoms with van der Waals surface area (Å²) in [5.74, 6) is -0.154. The second kappa shape index (κ2) is 6.32. The Balaban J connectivity index is 2.00. The molecule has 0 saturated heterocycles. The number of nitrogens with zero attached hydrogens (tertiary/aromatic N) is 1. The molecular formula is C20H20N2O2. The lowest BCUT2D eigenvalue weighted by Crippen LogP contribution is -2.27.